The van der Waals surface area contributed by atoms with Crippen molar-refractivity contribution in [2.24, 2.45) is 11.7 Å². The monoisotopic (exact) mass is 338 g/mol. The third-order valence-corrected chi connectivity index (χ3v) is 5.10. The summed E-state index contributed by atoms with van der Waals surface area (Å²) in [4.78, 5) is 14.4. The summed E-state index contributed by atoms with van der Waals surface area (Å²) in [6.45, 7) is 1.38. The van der Waals surface area contributed by atoms with Crippen molar-refractivity contribution in [3.63, 3.8) is 0 Å². The molecule has 2 aromatic carbocycles. The molecule has 3 N–H and O–H groups in total. The number of benzene rings is 2. The van der Waals surface area contributed by atoms with Gasteiger partial charge in [0.05, 0.1) is 6.10 Å². The number of hydrogen-bond acceptors (Lipinski definition) is 3. The lowest BCUT2D eigenvalue weighted by Gasteiger charge is -2.35. The van der Waals surface area contributed by atoms with Gasteiger partial charge in [0.2, 0.25) is 5.91 Å². The van der Waals surface area contributed by atoms with E-state index in [9.17, 15) is 9.90 Å². The fraction of sp³-hybridized carbons (Fsp3) is 0.381. The van der Waals surface area contributed by atoms with Crippen molar-refractivity contribution < 1.29 is 9.90 Å². The van der Waals surface area contributed by atoms with E-state index < -0.39 is 6.10 Å². The van der Waals surface area contributed by atoms with Gasteiger partial charge in [0, 0.05) is 25.6 Å². The van der Waals surface area contributed by atoms with Crippen LogP contribution in [0.25, 0.3) is 0 Å². The molecular weight excluding hydrogens is 312 g/mol. The third kappa shape index (κ3) is 4.47. The number of aliphatic hydroxyl groups excluding tert-OH is 1. The van der Waals surface area contributed by atoms with Crippen molar-refractivity contribution in [3.8, 4) is 0 Å². The van der Waals surface area contributed by atoms with E-state index in [0.717, 1.165) is 24.0 Å². The van der Waals surface area contributed by atoms with Crippen molar-refractivity contribution in [3.05, 3.63) is 71.8 Å². The molecule has 2 aromatic rings. The second kappa shape index (κ2) is 8.28. The first-order valence-corrected chi connectivity index (χ1v) is 8.96. The first kappa shape index (κ1) is 17.6. The number of carbonyl (C=O) groups excluding carboxylic acids is 1. The lowest BCUT2D eigenvalue weighted by atomic mass is 9.87. The largest absolute Gasteiger partial charge is 0.388 e. The van der Waals surface area contributed by atoms with Crippen LogP contribution < -0.4 is 5.73 Å². The number of hydrogen-bond donors (Lipinski definition) is 2. The topological polar surface area (TPSA) is 66.6 Å². The molecule has 0 saturated carbocycles. The van der Waals surface area contributed by atoms with Crippen LogP contribution in [0, 0.1) is 5.92 Å². The van der Waals surface area contributed by atoms with Gasteiger partial charge < -0.3 is 15.7 Å². The summed E-state index contributed by atoms with van der Waals surface area (Å²) in [7, 11) is 0. The standard InChI is InChI=1S/C21H26N2O2/c22-19(16-7-3-1-4-8-16)15-20(24)23-13-11-18(12-14-23)21(25)17-9-5-2-6-10-17/h1-10,18-19,21,25H,11-15,22H2. The third-order valence-electron chi connectivity index (χ3n) is 5.10. The summed E-state index contributed by atoms with van der Waals surface area (Å²) in [6.07, 6.45) is 1.52. The summed E-state index contributed by atoms with van der Waals surface area (Å²) in [6, 6.07) is 19.2. The molecule has 0 bridgehead atoms. The summed E-state index contributed by atoms with van der Waals surface area (Å²) in [5, 5.41) is 10.5. The van der Waals surface area contributed by atoms with Crippen LogP contribution in [0.2, 0.25) is 0 Å². The molecule has 132 valence electrons. The SMILES string of the molecule is NC(CC(=O)N1CCC(C(O)c2ccccc2)CC1)c1ccccc1. The summed E-state index contributed by atoms with van der Waals surface area (Å²) >= 11 is 0. The second-order valence-electron chi connectivity index (χ2n) is 6.80. The van der Waals surface area contributed by atoms with Crippen molar-refractivity contribution in [2.75, 3.05) is 13.1 Å². The molecule has 2 unspecified atom stereocenters. The predicted octanol–water partition coefficient (Wildman–Crippen LogP) is 3.05. The minimum absolute atomic E-state index is 0.101. The van der Waals surface area contributed by atoms with Gasteiger partial charge in [0.25, 0.3) is 0 Å². The van der Waals surface area contributed by atoms with Gasteiger partial charge in [-0.05, 0) is 29.9 Å². The molecular formula is C21H26N2O2. The van der Waals surface area contributed by atoms with Crippen LogP contribution in [0.15, 0.2) is 60.7 Å². The van der Waals surface area contributed by atoms with E-state index in [2.05, 4.69) is 0 Å². The van der Waals surface area contributed by atoms with E-state index in [-0.39, 0.29) is 17.9 Å². The zero-order chi connectivity index (χ0) is 17.6. The van der Waals surface area contributed by atoms with Gasteiger partial charge in [-0.2, -0.15) is 0 Å². The van der Waals surface area contributed by atoms with Gasteiger partial charge in [-0.3, -0.25) is 4.79 Å². The van der Waals surface area contributed by atoms with E-state index in [1.165, 1.54) is 0 Å². The van der Waals surface area contributed by atoms with Gasteiger partial charge >= 0.3 is 0 Å². The molecule has 1 aliphatic heterocycles. The molecule has 0 radical (unpaired) electrons. The number of aliphatic hydroxyl groups is 1. The van der Waals surface area contributed by atoms with Gasteiger partial charge in [-0.1, -0.05) is 60.7 Å². The highest BCUT2D eigenvalue weighted by molar-refractivity contribution is 5.77. The smallest absolute Gasteiger partial charge is 0.224 e. The Morgan fingerprint density at radius 3 is 2.08 bits per heavy atom. The zero-order valence-corrected chi connectivity index (χ0v) is 14.4. The summed E-state index contributed by atoms with van der Waals surface area (Å²) in [5.74, 6) is 0.304. The average molecular weight is 338 g/mol. The Morgan fingerprint density at radius 1 is 1.00 bits per heavy atom. The molecule has 1 amide bonds. The normalized spacial score (nSPS) is 17.9. The molecule has 1 aliphatic rings. The van der Waals surface area contributed by atoms with Crippen LogP contribution in [-0.2, 0) is 4.79 Å². The molecule has 2 atom stereocenters. The van der Waals surface area contributed by atoms with E-state index in [1.54, 1.807) is 0 Å². The first-order chi connectivity index (χ1) is 12.1. The van der Waals surface area contributed by atoms with E-state index in [4.69, 9.17) is 5.73 Å². The lowest BCUT2D eigenvalue weighted by Crippen LogP contribution is -2.40. The number of nitrogens with zero attached hydrogens (tertiary/aromatic N) is 1. The molecule has 0 aromatic heterocycles. The van der Waals surface area contributed by atoms with Gasteiger partial charge in [0.1, 0.15) is 0 Å². The molecule has 4 nitrogen and oxygen atoms in total. The Bertz CT molecular complexity index is 667. The second-order valence-corrected chi connectivity index (χ2v) is 6.80. The van der Waals surface area contributed by atoms with Gasteiger partial charge in [-0.25, -0.2) is 0 Å². The van der Waals surface area contributed by atoms with Crippen LogP contribution in [0.1, 0.15) is 42.5 Å². The fourth-order valence-corrected chi connectivity index (χ4v) is 3.52. The number of rotatable bonds is 5. The Hall–Kier alpha value is -2.17. The highest BCUT2D eigenvalue weighted by Crippen LogP contribution is 2.31. The van der Waals surface area contributed by atoms with Crippen LogP contribution >= 0.6 is 0 Å². The first-order valence-electron chi connectivity index (χ1n) is 8.96. The summed E-state index contributed by atoms with van der Waals surface area (Å²) < 4.78 is 0. The predicted molar refractivity (Wildman–Crippen MR) is 98.7 cm³/mol. The molecule has 25 heavy (non-hydrogen) atoms. The number of likely N-dealkylation sites (tertiary alicyclic amines) is 1. The quantitative estimate of drug-likeness (QED) is 0.880. The minimum atomic E-state index is -0.454. The molecule has 0 spiro atoms. The maximum absolute atomic E-state index is 12.5. The maximum Gasteiger partial charge on any atom is 0.224 e. The van der Waals surface area contributed by atoms with Crippen molar-refractivity contribution in [2.45, 2.75) is 31.4 Å². The lowest BCUT2D eigenvalue weighted by molar-refractivity contribution is -0.133. The Morgan fingerprint density at radius 2 is 1.52 bits per heavy atom. The van der Waals surface area contributed by atoms with Gasteiger partial charge in [0.15, 0.2) is 0 Å². The number of nitrogens with two attached hydrogens (primary N) is 1. The van der Waals surface area contributed by atoms with Crippen molar-refractivity contribution >= 4 is 5.91 Å². The highest BCUT2D eigenvalue weighted by atomic mass is 16.3. The van der Waals surface area contributed by atoms with Crippen LogP contribution in [-0.4, -0.2) is 29.0 Å². The molecule has 1 heterocycles. The van der Waals surface area contributed by atoms with Crippen molar-refractivity contribution in [1.82, 2.24) is 4.90 Å². The number of piperidine rings is 1. The Kier molecular flexibility index (Phi) is 5.84. The number of carbonyl (C=O) groups is 1. The molecule has 1 saturated heterocycles. The number of amides is 1. The van der Waals surface area contributed by atoms with Crippen LogP contribution in [0.5, 0.6) is 0 Å². The molecule has 3 rings (SSSR count). The van der Waals surface area contributed by atoms with E-state index in [1.807, 2.05) is 65.6 Å². The molecule has 1 fully saturated rings. The van der Waals surface area contributed by atoms with E-state index in [0.29, 0.717) is 19.5 Å². The van der Waals surface area contributed by atoms with E-state index >= 15 is 0 Å². The molecule has 4 heteroatoms. The Balaban J connectivity index is 1.51. The Labute approximate surface area is 149 Å². The van der Waals surface area contributed by atoms with Crippen LogP contribution in [0.4, 0.5) is 0 Å². The zero-order valence-electron chi connectivity index (χ0n) is 14.4. The maximum atomic E-state index is 12.5. The fourth-order valence-electron chi connectivity index (χ4n) is 3.52. The minimum Gasteiger partial charge on any atom is -0.388 e. The van der Waals surface area contributed by atoms with Crippen molar-refractivity contribution in [1.29, 1.82) is 0 Å². The highest BCUT2D eigenvalue weighted by Gasteiger charge is 2.28. The molecule has 0 aliphatic carbocycles. The van der Waals surface area contributed by atoms with Gasteiger partial charge in [-0.15, -0.1) is 0 Å². The summed E-state index contributed by atoms with van der Waals surface area (Å²) in [5.41, 5.74) is 8.11. The van der Waals surface area contributed by atoms with Crippen LogP contribution in [0.3, 0.4) is 0 Å². The average Bonchev–Trinajstić information content (AvgIpc) is 2.69.